The number of aromatic nitrogens is 2. The number of hydrogen-bond acceptors (Lipinski definition) is 4. The van der Waals surface area contributed by atoms with Crippen LogP contribution in [0.3, 0.4) is 0 Å². The van der Waals surface area contributed by atoms with Crippen LogP contribution in [-0.2, 0) is 11.3 Å². The van der Waals surface area contributed by atoms with E-state index in [1.165, 1.54) is 23.9 Å². The number of halogens is 1. The fraction of sp³-hybridized carbons (Fsp3) is 0.577. The van der Waals surface area contributed by atoms with Gasteiger partial charge in [-0.05, 0) is 61.8 Å². The van der Waals surface area contributed by atoms with Crippen LogP contribution in [-0.4, -0.2) is 46.8 Å². The maximum Gasteiger partial charge on any atom is 0.287 e. The van der Waals surface area contributed by atoms with Crippen molar-refractivity contribution in [3.8, 4) is 0 Å². The van der Waals surface area contributed by atoms with Gasteiger partial charge < -0.3 is 9.80 Å². The Morgan fingerprint density at radius 3 is 2.18 bits per heavy atom. The van der Waals surface area contributed by atoms with Gasteiger partial charge in [-0.2, -0.15) is 5.10 Å². The van der Waals surface area contributed by atoms with Crippen LogP contribution in [0.25, 0.3) is 0 Å². The Kier molecular flexibility index (Phi) is 5.24. The topological polar surface area (TPSA) is 58.4 Å². The van der Waals surface area contributed by atoms with Crippen LogP contribution in [0, 0.1) is 23.2 Å². The van der Waals surface area contributed by atoms with E-state index < -0.39 is 0 Å². The molecule has 6 nitrogen and oxygen atoms in total. The van der Waals surface area contributed by atoms with Crippen LogP contribution in [0.4, 0.5) is 5.69 Å². The average molecular weight is 467 g/mol. The lowest BCUT2D eigenvalue weighted by Crippen LogP contribution is -2.58. The molecule has 1 aliphatic heterocycles. The highest BCUT2D eigenvalue weighted by Gasteiger charge is 2.55. The predicted octanol–water partition coefficient (Wildman–Crippen LogP) is 3.81. The van der Waals surface area contributed by atoms with Gasteiger partial charge in [0.15, 0.2) is 0 Å². The highest BCUT2D eigenvalue weighted by molar-refractivity contribution is 6.33. The number of carbonyl (C=O) groups is 1. The Balaban J connectivity index is 1.13. The summed E-state index contributed by atoms with van der Waals surface area (Å²) < 4.78 is 1.41. The summed E-state index contributed by atoms with van der Waals surface area (Å²) in [6.45, 7) is 3.13. The summed E-state index contributed by atoms with van der Waals surface area (Å²) in [4.78, 5) is 30.7. The van der Waals surface area contributed by atoms with E-state index in [2.05, 4.69) is 14.9 Å². The van der Waals surface area contributed by atoms with E-state index in [0.29, 0.717) is 44.3 Å². The van der Waals surface area contributed by atoms with E-state index in [1.807, 2.05) is 30.3 Å². The lowest BCUT2D eigenvalue weighted by Gasteiger charge is -2.57. The van der Waals surface area contributed by atoms with Gasteiger partial charge in [-0.25, -0.2) is 4.68 Å². The van der Waals surface area contributed by atoms with E-state index in [0.717, 1.165) is 42.6 Å². The van der Waals surface area contributed by atoms with Gasteiger partial charge in [0, 0.05) is 26.2 Å². The fourth-order valence-corrected chi connectivity index (χ4v) is 7.67. The van der Waals surface area contributed by atoms with Crippen LogP contribution in [0.15, 0.2) is 41.3 Å². The Morgan fingerprint density at radius 1 is 0.970 bits per heavy atom. The molecule has 2 aromatic rings. The Hall–Kier alpha value is -2.34. The quantitative estimate of drug-likeness (QED) is 0.687. The van der Waals surface area contributed by atoms with E-state index in [4.69, 9.17) is 11.6 Å². The molecule has 174 valence electrons. The van der Waals surface area contributed by atoms with Gasteiger partial charge >= 0.3 is 0 Å². The van der Waals surface area contributed by atoms with Gasteiger partial charge in [0.05, 0.1) is 23.8 Å². The zero-order valence-corrected chi connectivity index (χ0v) is 19.7. The summed E-state index contributed by atoms with van der Waals surface area (Å²) >= 11 is 6.51. The second kappa shape index (κ2) is 8.15. The normalized spacial score (nSPS) is 30.6. The highest BCUT2D eigenvalue weighted by atomic mass is 35.5. The maximum atomic E-state index is 13.6. The van der Waals surface area contributed by atoms with Crippen molar-refractivity contribution in [2.24, 2.45) is 23.2 Å². The molecule has 7 rings (SSSR count). The highest BCUT2D eigenvalue weighted by Crippen LogP contribution is 2.60. The molecule has 1 amide bonds. The summed E-state index contributed by atoms with van der Waals surface area (Å²) in [5, 5.41) is 4.60. The van der Waals surface area contributed by atoms with Crippen LogP contribution >= 0.6 is 11.6 Å². The molecule has 0 N–H and O–H groups in total. The van der Waals surface area contributed by atoms with Crippen molar-refractivity contribution in [2.45, 2.75) is 45.1 Å². The minimum Gasteiger partial charge on any atom is -0.365 e. The molecule has 4 bridgehead atoms. The van der Waals surface area contributed by atoms with Crippen molar-refractivity contribution in [2.75, 3.05) is 31.1 Å². The lowest BCUT2D eigenvalue weighted by molar-refractivity contribution is -0.158. The van der Waals surface area contributed by atoms with Gasteiger partial charge in [0.2, 0.25) is 5.91 Å². The summed E-state index contributed by atoms with van der Waals surface area (Å²) in [7, 11) is 0. The number of carbonyl (C=O) groups excluding carboxylic acids is 1. The molecule has 1 saturated heterocycles. The first-order valence-corrected chi connectivity index (χ1v) is 12.7. The molecule has 1 aromatic carbocycles. The Bertz CT molecular complexity index is 1070. The van der Waals surface area contributed by atoms with Crippen LogP contribution in [0.1, 0.15) is 44.1 Å². The zero-order valence-electron chi connectivity index (χ0n) is 19.0. The van der Waals surface area contributed by atoms with E-state index in [1.54, 1.807) is 6.20 Å². The smallest absolute Gasteiger partial charge is 0.287 e. The molecule has 7 heteroatoms. The molecule has 0 atom stereocenters. The molecule has 5 fully saturated rings. The molecule has 4 aliphatic carbocycles. The minimum absolute atomic E-state index is 0.0893. The van der Waals surface area contributed by atoms with Crippen molar-refractivity contribution < 1.29 is 4.79 Å². The van der Waals surface area contributed by atoms with Gasteiger partial charge in [0.25, 0.3) is 5.56 Å². The number of nitrogens with zero attached hydrogens (tertiary/aromatic N) is 4. The largest absolute Gasteiger partial charge is 0.365 e. The number of piperazine rings is 1. The third kappa shape index (κ3) is 3.76. The molecule has 2 heterocycles. The standard InChI is InChI=1S/C26H31ClN4O2/c27-23-22(16-28-31(24(23)32)17-18-4-2-1-3-5-18)29-6-8-30(9-7-29)25(33)26-13-19-10-20(14-26)12-21(11-19)15-26/h1-5,16,19-21H,6-15,17H2. The second-order valence-electron chi connectivity index (χ2n) is 10.8. The predicted molar refractivity (Wildman–Crippen MR) is 128 cm³/mol. The number of rotatable bonds is 4. The van der Waals surface area contributed by atoms with E-state index in [-0.39, 0.29) is 16.0 Å². The summed E-state index contributed by atoms with van der Waals surface area (Å²) in [6.07, 6.45) is 9.06. The van der Waals surface area contributed by atoms with Gasteiger partial charge in [-0.15, -0.1) is 0 Å². The van der Waals surface area contributed by atoms with Crippen LogP contribution in [0.5, 0.6) is 0 Å². The van der Waals surface area contributed by atoms with Gasteiger partial charge in [-0.1, -0.05) is 41.9 Å². The molecule has 33 heavy (non-hydrogen) atoms. The molecule has 0 spiro atoms. The van der Waals surface area contributed by atoms with Crippen LogP contribution < -0.4 is 10.5 Å². The molecule has 5 aliphatic rings. The van der Waals surface area contributed by atoms with Gasteiger partial charge in [-0.3, -0.25) is 9.59 Å². The third-order valence-electron chi connectivity index (χ3n) is 8.54. The number of amides is 1. The van der Waals surface area contributed by atoms with Crippen molar-refractivity contribution >= 4 is 23.2 Å². The van der Waals surface area contributed by atoms with Crippen molar-refractivity contribution in [1.82, 2.24) is 14.7 Å². The first-order chi connectivity index (χ1) is 16.0. The summed E-state index contributed by atoms with van der Waals surface area (Å²) in [5.41, 5.74) is 1.32. The molecule has 0 radical (unpaired) electrons. The first kappa shape index (κ1) is 21.2. The molecule has 0 unspecified atom stereocenters. The van der Waals surface area contributed by atoms with Crippen LogP contribution in [0.2, 0.25) is 5.02 Å². The monoisotopic (exact) mass is 466 g/mol. The Morgan fingerprint density at radius 2 is 1.58 bits per heavy atom. The average Bonchev–Trinajstić information content (AvgIpc) is 2.82. The SMILES string of the molecule is O=C(N1CCN(c2cnn(Cc3ccccc3)c(=O)c2Cl)CC1)C12CC3CC(CC(C3)C1)C2. The number of benzene rings is 1. The second-order valence-corrected chi connectivity index (χ2v) is 11.1. The first-order valence-electron chi connectivity index (χ1n) is 12.3. The molecular weight excluding hydrogens is 436 g/mol. The van der Waals surface area contributed by atoms with Gasteiger partial charge in [0.1, 0.15) is 5.02 Å². The van der Waals surface area contributed by atoms with Crippen molar-refractivity contribution in [3.63, 3.8) is 0 Å². The fourth-order valence-electron chi connectivity index (χ4n) is 7.40. The zero-order chi connectivity index (χ0) is 22.6. The summed E-state index contributed by atoms with van der Waals surface area (Å²) in [5.74, 6) is 2.71. The van der Waals surface area contributed by atoms with Crippen molar-refractivity contribution in [1.29, 1.82) is 0 Å². The molecular formula is C26H31ClN4O2. The third-order valence-corrected chi connectivity index (χ3v) is 8.90. The molecule has 1 aromatic heterocycles. The Labute approximate surface area is 199 Å². The number of anilines is 1. The lowest BCUT2D eigenvalue weighted by atomic mass is 9.49. The van der Waals surface area contributed by atoms with E-state index in [9.17, 15) is 9.59 Å². The van der Waals surface area contributed by atoms with Crippen molar-refractivity contribution in [3.05, 3.63) is 57.5 Å². The van der Waals surface area contributed by atoms with E-state index >= 15 is 0 Å². The minimum atomic E-state index is -0.273. The summed E-state index contributed by atoms with van der Waals surface area (Å²) in [6, 6.07) is 9.77. The number of hydrogen-bond donors (Lipinski definition) is 0. The maximum absolute atomic E-state index is 13.6. The molecule has 4 saturated carbocycles.